The van der Waals surface area contributed by atoms with Gasteiger partial charge in [-0.1, -0.05) is 68.3 Å². The number of halogens is 1. The van der Waals surface area contributed by atoms with E-state index in [4.69, 9.17) is 0 Å². The number of nitrogens with zero attached hydrogens (tertiary/aromatic N) is 2. The van der Waals surface area contributed by atoms with E-state index in [0.29, 0.717) is 28.4 Å². The topological polar surface area (TPSA) is 103 Å². The van der Waals surface area contributed by atoms with Crippen LogP contribution in [0.4, 0.5) is 0 Å². The fraction of sp³-hybridized carbons (Fsp3) is 0.545. The predicted molar refractivity (Wildman–Crippen MR) is 125 cm³/mol. The molecule has 0 aliphatic heterocycles. The first kappa shape index (κ1) is 25.8. The normalized spacial score (nSPS) is 11.3. The molecule has 3 N–H and O–H groups in total. The minimum atomic E-state index is -0.153. The number of phenolic OH excluding ortho intramolecular Hbond substituents is 1. The molecule has 1 aromatic rings. The van der Waals surface area contributed by atoms with Gasteiger partial charge in [0.05, 0.1) is 12.4 Å². The largest absolute Gasteiger partial charge is 0.507 e. The van der Waals surface area contributed by atoms with Crippen LogP contribution in [0.25, 0.3) is 0 Å². The van der Waals surface area contributed by atoms with Gasteiger partial charge in [0, 0.05) is 28.4 Å². The molecule has 0 unspecified atom stereocenters. The fourth-order valence-electron chi connectivity index (χ4n) is 2.72. The van der Waals surface area contributed by atoms with Crippen molar-refractivity contribution in [3.05, 3.63) is 27.7 Å². The number of benzene rings is 1. The van der Waals surface area contributed by atoms with Gasteiger partial charge in [-0.25, -0.2) is 10.9 Å². The Morgan fingerprint density at radius 3 is 1.70 bits per heavy atom. The van der Waals surface area contributed by atoms with Crippen LogP contribution in [-0.4, -0.2) is 29.4 Å². The maximum Gasteiger partial charge on any atom is 0.240 e. The van der Waals surface area contributed by atoms with Crippen LogP contribution in [0, 0.1) is 0 Å². The van der Waals surface area contributed by atoms with Crippen molar-refractivity contribution in [3.63, 3.8) is 0 Å². The first-order valence-corrected chi connectivity index (χ1v) is 11.4. The first-order chi connectivity index (χ1) is 14.5. The third kappa shape index (κ3) is 11.1. The highest BCUT2D eigenvalue weighted by atomic mass is 79.9. The van der Waals surface area contributed by atoms with E-state index in [1.165, 1.54) is 12.4 Å². The third-order valence-electron chi connectivity index (χ3n) is 4.43. The Hall–Kier alpha value is -2.22. The van der Waals surface area contributed by atoms with Crippen molar-refractivity contribution in [1.29, 1.82) is 0 Å². The van der Waals surface area contributed by atoms with E-state index >= 15 is 0 Å². The Kier molecular flexibility index (Phi) is 13.4. The van der Waals surface area contributed by atoms with E-state index in [9.17, 15) is 14.7 Å². The molecule has 30 heavy (non-hydrogen) atoms. The van der Waals surface area contributed by atoms with Gasteiger partial charge in [-0.3, -0.25) is 9.59 Å². The molecule has 2 amide bonds. The van der Waals surface area contributed by atoms with Gasteiger partial charge in [-0.15, -0.1) is 0 Å². The number of unbranched alkanes of at least 4 members (excludes halogenated alkanes) is 6. The average Bonchev–Trinajstić information content (AvgIpc) is 2.71. The SMILES string of the molecule is CCCCCCC(=O)NN=Cc1cc(Br)cc(/C=N/NC(=O)CCCCCC)c1O. The van der Waals surface area contributed by atoms with Crippen LogP contribution in [-0.2, 0) is 9.59 Å². The average molecular weight is 481 g/mol. The molecule has 0 aromatic heterocycles. The lowest BCUT2D eigenvalue weighted by atomic mass is 10.1. The molecule has 166 valence electrons. The van der Waals surface area contributed by atoms with Crippen LogP contribution >= 0.6 is 15.9 Å². The number of carbonyl (C=O) groups excluding carboxylic acids is 2. The van der Waals surface area contributed by atoms with Gasteiger partial charge in [-0.2, -0.15) is 10.2 Å². The number of hydrogen-bond acceptors (Lipinski definition) is 5. The van der Waals surface area contributed by atoms with Gasteiger partial charge in [0.2, 0.25) is 11.8 Å². The summed E-state index contributed by atoms with van der Waals surface area (Å²) in [5.74, 6) is -0.347. The summed E-state index contributed by atoms with van der Waals surface area (Å²) in [5.41, 5.74) is 5.79. The first-order valence-electron chi connectivity index (χ1n) is 10.6. The summed E-state index contributed by atoms with van der Waals surface area (Å²) in [6.45, 7) is 4.24. The third-order valence-corrected chi connectivity index (χ3v) is 4.89. The molecular formula is C22H33BrN4O3. The summed E-state index contributed by atoms with van der Waals surface area (Å²) < 4.78 is 0.708. The number of hydrazone groups is 2. The Morgan fingerprint density at radius 1 is 0.867 bits per heavy atom. The Bertz CT molecular complexity index is 678. The number of phenols is 1. The second-order valence-electron chi connectivity index (χ2n) is 7.14. The minimum absolute atomic E-state index is 0.0416. The van der Waals surface area contributed by atoms with Gasteiger partial charge in [0.1, 0.15) is 5.75 Å². The summed E-state index contributed by atoms with van der Waals surface area (Å²) in [6, 6.07) is 3.35. The van der Waals surface area contributed by atoms with Crippen molar-refractivity contribution in [1.82, 2.24) is 10.9 Å². The maximum atomic E-state index is 11.8. The van der Waals surface area contributed by atoms with Gasteiger partial charge in [0.15, 0.2) is 0 Å². The lowest BCUT2D eigenvalue weighted by Crippen LogP contribution is -2.17. The second-order valence-corrected chi connectivity index (χ2v) is 8.06. The summed E-state index contributed by atoms with van der Waals surface area (Å²) in [7, 11) is 0. The lowest BCUT2D eigenvalue weighted by Gasteiger charge is -2.05. The molecule has 0 aliphatic carbocycles. The van der Waals surface area contributed by atoms with Crippen molar-refractivity contribution < 1.29 is 14.7 Å². The quantitative estimate of drug-likeness (QED) is 0.198. The zero-order valence-corrected chi connectivity index (χ0v) is 19.5. The number of hydrogen-bond donors (Lipinski definition) is 3. The molecule has 1 rings (SSSR count). The van der Waals surface area contributed by atoms with Gasteiger partial charge >= 0.3 is 0 Å². The zero-order chi connectivity index (χ0) is 22.2. The molecule has 0 radical (unpaired) electrons. The molecule has 0 fully saturated rings. The maximum absolute atomic E-state index is 11.8. The van der Waals surface area contributed by atoms with E-state index < -0.39 is 0 Å². The summed E-state index contributed by atoms with van der Waals surface area (Å²) in [6.07, 6.45) is 11.8. The molecule has 0 heterocycles. The van der Waals surface area contributed by atoms with E-state index in [0.717, 1.165) is 51.4 Å². The molecule has 0 bridgehead atoms. The standard InChI is InChI=1S/C22H33BrN4O3/c1-3-5-7-9-11-20(28)26-24-15-17-13-19(23)14-18(22(17)30)16-25-27-21(29)12-10-8-6-4-2/h13-16,30H,3-12H2,1-2H3,(H,26,28)(H,27,29)/b24-15+,25-16?. The second kappa shape index (κ2) is 15.6. The number of rotatable bonds is 14. The molecule has 1 aromatic carbocycles. The highest BCUT2D eigenvalue weighted by Crippen LogP contribution is 2.25. The van der Waals surface area contributed by atoms with Crippen molar-refractivity contribution in [2.24, 2.45) is 10.2 Å². The Balaban J connectivity index is 2.59. The summed E-state index contributed by atoms with van der Waals surface area (Å²) in [4.78, 5) is 23.5. The van der Waals surface area contributed by atoms with Crippen molar-refractivity contribution in [2.45, 2.75) is 78.1 Å². The molecular weight excluding hydrogens is 448 g/mol. The zero-order valence-electron chi connectivity index (χ0n) is 17.9. The van der Waals surface area contributed by atoms with Gasteiger partial charge in [-0.05, 0) is 25.0 Å². The molecule has 7 nitrogen and oxygen atoms in total. The van der Waals surface area contributed by atoms with Crippen LogP contribution in [0.1, 0.15) is 89.2 Å². The van der Waals surface area contributed by atoms with Gasteiger partial charge < -0.3 is 5.11 Å². The highest BCUT2D eigenvalue weighted by Gasteiger charge is 2.07. The monoisotopic (exact) mass is 480 g/mol. The summed E-state index contributed by atoms with van der Waals surface area (Å²) >= 11 is 3.38. The predicted octanol–water partition coefficient (Wildman–Crippen LogP) is 5.00. The molecule has 0 spiro atoms. The smallest absolute Gasteiger partial charge is 0.240 e. The molecule has 8 heteroatoms. The van der Waals surface area contributed by atoms with Crippen LogP contribution < -0.4 is 10.9 Å². The van der Waals surface area contributed by atoms with Crippen molar-refractivity contribution >= 4 is 40.2 Å². The van der Waals surface area contributed by atoms with E-state index in [1.54, 1.807) is 12.1 Å². The molecule has 0 saturated carbocycles. The van der Waals surface area contributed by atoms with E-state index in [2.05, 4.69) is 50.8 Å². The van der Waals surface area contributed by atoms with Gasteiger partial charge in [0.25, 0.3) is 0 Å². The Morgan fingerprint density at radius 2 is 1.30 bits per heavy atom. The van der Waals surface area contributed by atoms with Crippen LogP contribution in [0.2, 0.25) is 0 Å². The number of aromatic hydroxyl groups is 1. The lowest BCUT2D eigenvalue weighted by molar-refractivity contribution is -0.122. The number of amides is 2. The van der Waals surface area contributed by atoms with E-state index in [1.807, 2.05) is 0 Å². The summed E-state index contributed by atoms with van der Waals surface area (Å²) in [5, 5.41) is 18.3. The molecule has 0 atom stereocenters. The van der Waals surface area contributed by atoms with Crippen LogP contribution in [0.3, 0.4) is 0 Å². The van der Waals surface area contributed by atoms with Crippen LogP contribution in [0.15, 0.2) is 26.8 Å². The number of carbonyl (C=O) groups is 2. The Labute approximate surface area is 187 Å². The highest BCUT2D eigenvalue weighted by molar-refractivity contribution is 9.10. The molecule has 0 aliphatic rings. The minimum Gasteiger partial charge on any atom is -0.507 e. The van der Waals surface area contributed by atoms with E-state index in [-0.39, 0.29) is 17.6 Å². The molecule has 0 saturated heterocycles. The van der Waals surface area contributed by atoms with Crippen molar-refractivity contribution in [2.75, 3.05) is 0 Å². The van der Waals surface area contributed by atoms with Crippen LogP contribution in [0.5, 0.6) is 5.75 Å². The fourth-order valence-corrected chi connectivity index (χ4v) is 3.22. The number of nitrogens with one attached hydrogen (secondary N) is 2. The van der Waals surface area contributed by atoms with Crippen molar-refractivity contribution in [3.8, 4) is 5.75 Å².